The molecule has 0 aliphatic heterocycles. The van der Waals surface area contributed by atoms with Crippen molar-refractivity contribution in [1.29, 1.82) is 0 Å². The predicted molar refractivity (Wildman–Crippen MR) is 89.0 cm³/mol. The molecule has 2 unspecified atom stereocenters. The van der Waals surface area contributed by atoms with Gasteiger partial charge >= 0.3 is 0 Å². The lowest BCUT2D eigenvalue weighted by molar-refractivity contribution is -0.115. The van der Waals surface area contributed by atoms with E-state index in [0.29, 0.717) is 5.92 Å². The Morgan fingerprint density at radius 3 is 2.81 bits per heavy atom. The molecule has 2 rings (SSSR count). The van der Waals surface area contributed by atoms with Gasteiger partial charge in [-0.15, -0.1) is 10.2 Å². The zero-order valence-electron chi connectivity index (χ0n) is 12.4. The Morgan fingerprint density at radius 2 is 2.14 bits per heavy atom. The van der Waals surface area contributed by atoms with Crippen LogP contribution in [0.15, 0.2) is 34.1 Å². The van der Waals surface area contributed by atoms with Crippen LogP contribution in [0.4, 0.5) is 5.69 Å². The number of hydrogen-bond acceptors (Lipinski definition) is 5. The van der Waals surface area contributed by atoms with Crippen molar-refractivity contribution in [3.63, 3.8) is 0 Å². The third-order valence-corrected chi connectivity index (χ3v) is 5.26. The molecule has 0 radical (unpaired) electrons. The van der Waals surface area contributed by atoms with Crippen LogP contribution in [-0.2, 0) is 4.79 Å². The molecule has 2 aromatic rings. The van der Waals surface area contributed by atoms with Crippen LogP contribution in [0.5, 0.6) is 0 Å². The highest BCUT2D eigenvalue weighted by atomic mass is 32.2. The average molecular weight is 321 g/mol. The number of para-hydroxylation sites is 1. The van der Waals surface area contributed by atoms with Gasteiger partial charge in [0.2, 0.25) is 5.91 Å². The lowest BCUT2D eigenvalue weighted by Gasteiger charge is -2.17. The van der Waals surface area contributed by atoms with Crippen molar-refractivity contribution < 1.29 is 4.79 Å². The molecule has 0 saturated heterocycles. The number of amides is 1. The first-order valence-corrected chi connectivity index (χ1v) is 8.70. The summed E-state index contributed by atoms with van der Waals surface area (Å²) in [6.07, 6.45) is 1.04. The highest BCUT2D eigenvalue weighted by Crippen LogP contribution is 2.28. The molecule has 4 nitrogen and oxygen atoms in total. The fourth-order valence-electron chi connectivity index (χ4n) is 1.91. The molecular formula is C15H19N3OS2. The van der Waals surface area contributed by atoms with Crippen LogP contribution in [0.1, 0.15) is 38.7 Å². The largest absolute Gasteiger partial charge is 0.325 e. The van der Waals surface area contributed by atoms with E-state index in [9.17, 15) is 4.79 Å². The minimum absolute atomic E-state index is 0.00838. The van der Waals surface area contributed by atoms with Crippen molar-refractivity contribution in [2.45, 2.75) is 42.7 Å². The highest BCUT2D eigenvalue weighted by molar-refractivity contribution is 8.02. The molecule has 1 N–H and O–H groups in total. The monoisotopic (exact) mass is 321 g/mol. The molecule has 0 fully saturated rings. The second-order valence-electron chi connectivity index (χ2n) is 4.85. The van der Waals surface area contributed by atoms with Crippen molar-refractivity contribution in [2.75, 3.05) is 5.32 Å². The van der Waals surface area contributed by atoms with Crippen molar-refractivity contribution in [1.82, 2.24) is 10.2 Å². The molecular weight excluding hydrogens is 302 g/mol. The van der Waals surface area contributed by atoms with E-state index in [1.807, 2.05) is 25.1 Å². The molecule has 2 atom stereocenters. The topological polar surface area (TPSA) is 54.9 Å². The third-order valence-electron chi connectivity index (χ3n) is 3.35. The summed E-state index contributed by atoms with van der Waals surface area (Å²) >= 11 is 2.88. The number of rotatable bonds is 6. The Hall–Kier alpha value is -1.40. The maximum absolute atomic E-state index is 12.3. The third kappa shape index (κ3) is 4.28. The maximum atomic E-state index is 12.3. The number of aromatic nitrogens is 2. The van der Waals surface area contributed by atoms with Gasteiger partial charge < -0.3 is 5.32 Å². The number of anilines is 1. The van der Waals surface area contributed by atoms with Crippen LogP contribution >= 0.6 is 23.1 Å². The average Bonchev–Trinajstić information content (AvgIpc) is 2.99. The van der Waals surface area contributed by atoms with Gasteiger partial charge in [-0.05, 0) is 30.9 Å². The minimum atomic E-state index is -0.206. The van der Waals surface area contributed by atoms with Gasteiger partial charge in [-0.3, -0.25) is 4.79 Å². The molecule has 112 valence electrons. The number of nitrogens with zero attached hydrogens (tertiary/aromatic N) is 2. The van der Waals surface area contributed by atoms with E-state index >= 15 is 0 Å². The Labute approximate surface area is 133 Å². The van der Waals surface area contributed by atoms with E-state index in [2.05, 4.69) is 35.4 Å². The maximum Gasteiger partial charge on any atom is 0.237 e. The zero-order valence-corrected chi connectivity index (χ0v) is 14.0. The highest BCUT2D eigenvalue weighted by Gasteiger charge is 2.18. The molecule has 1 amide bonds. The van der Waals surface area contributed by atoms with E-state index < -0.39 is 0 Å². The van der Waals surface area contributed by atoms with Gasteiger partial charge in [-0.1, -0.05) is 55.1 Å². The van der Waals surface area contributed by atoms with E-state index in [4.69, 9.17) is 0 Å². The smallest absolute Gasteiger partial charge is 0.237 e. The molecule has 0 bridgehead atoms. The van der Waals surface area contributed by atoms with E-state index in [1.54, 1.807) is 5.51 Å². The number of thioether (sulfide) groups is 1. The standard InChI is InChI=1S/C15H19N3OS2/c1-4-10(2)12-7-5-6-8-13(12)17-14(19)11(3)21-15-18-16-9-20-15/h5-11H,4H2,1-3H3,(H,17,19). The fraction of sp³-hybridized carbons (Fsp3) is 0.400. The van der Waals surface area contributed by atoms with Crippen molar-refractivity contribution in [3.05, 3.63) is 35.3 Å². The Morgan fingerprint density at radius 1 is 1.38 bits per heavy atom. The molecule has 0 aliphatic rings. The van der Waals surface area contributed by atoms with Crippen LogP contribution in [0.2, 0.25) is 0 Å². The van der Waals surface area contributed by atoms with Crippen molar-refractivity contribution >= 4 is 34.7 Å². The van der Waals surface area contributed by atoms with E-state index in [1.165, 1.54) is 28.7 Å². The number of hydrogen-bond donors (Lipinski definition) is 1. The number of carbonyl (C=O) groups excluding carboxylic acids is 1. The lowest BCUT2D eigenvalue weighted by Crippen LogP contribution is -2.23. The second-order valence-corrected chi connectivity index (χ2v) is 7.27. The summed E-state index contributed by atoms with van der Waals surface area (Å²) in [5, 5.41) is 10.6. The Bertz CT molecular complexity index is 586. The van der Waals surface area contributed by atoms with Crippen molar-refractivity contribution in [3.8, 4) is 0 Å². The summed E-state index contributed by atoms with van der Waals surface area (Å²) < 4.78 is 0.813. The number of nitrogens with one attached hydrogen (secondary N) is 1. The van der Waals surface area contributed by atoms with Gasteiger partial charge in [0.1, 0.15) is 5.51 Å². The summed E-state index contributed by atoms with van der Waals surface area (Å²) in [5.41, 5.74) is 3.76. The summed E-state index contributed by atoms with van der Waals surface area (Å²) in [5.74, 6) is 0.415. The first-order valence-electron chi connectivity index (χ1n) is 6.94. The normalized spacial score (nSPS) is 13.7. The lowest BCUT2D eigenvalue weighted by atomic mass is 9.97. The molecule has 6 heteroatoms. The molecule has 1 aromatic heterocycles. The van der Waals surface area contributed by atoms with Gasteiger partial charge in [-0.2, -0.15) is 0 Å². The Kier molecular flexibility index (Phi) is 5.76. The van der Waals surface area contributed by atoms with E-state index in [0.717, 1.165) is 16.4 Å². The van der Waals surface area contributed by atoms with Gasteiger partial charge in [0.05, 0.1) is 5.25 Å². The van der Waals surface area contributed by atoms with E-state index in [-0.39, 0.29) is 11.2 Å². The predicted octanol–water partition coefficient (Wildman–Crippen LogP) is 4.17. The Balaban J connectivity index is 2.05. The van der Waals surface area contributed by atoms with Crippen molar-refractivity contribution in [2.24, 2.45) is 0 Å². The molecule has 0 aliphatic carbocycles. The summed E-state index contributed by atoms with van der Waals surface area (Å²) in [6.45, 7) is 6.20. The summed E-state index contributed by atoms with van der Waals surface area (Å²) in [4.78, 5) is 12.3. The SMILES string of the molecule is CCC(C)c1ccccc1NC(=O)C(C)Sc1nncs1. The van der Waals surface area contributed by atoms with Crippen LogP contribution in [0.3, 0.4) is 0 Å². The number of carbonyl (C=O) groups is 1. The minimum Gasteiger partial charge on any atom is -0.325 e. The van der Waals surface area contributed by atoms with Crippen LogP contribution in [0, 0.1) is 0 Å². The molecule has 0 spiro atoms. The molecule has 1 heterocycles. The second kappa shape index (κ2) is 7.56. The van der Waals surface area contributed by atoms with Gasteiger partial charge in [-0.25, -0.2) is 0 Å². The molecule has 1 aromatic carbocycles. The van der Waals surface area contributed by atoms with Gasteiger partial charge in [0.15, 0.2) is 4.34 Å². The molecule has 0 saturated carbocycles. The first kappa shape index (κ1) is 16.0. The summed E-state index contributed by atoms with van der Waals surface area (Å²) in [7, 11) is 0. The van der Waals surface area contributed by atoms with Crippen LogP contribution in [0.25, 0.3) is 0 Å². The van der Waals surface area contributed by atoms with Gasteiger partial charge in [0.25, 0.3) is 0 Å². The van der Waals surface area contributed by atoms with Crippen LogP contribution < -0.4 is 5.32 Å². The first-order chi connectivity index (χ1) is 10.1. The zero-order chi connectivity index (χ0) is 15.2. The van der Waals surface area contributed by atoms with Gasteiger partial charge in [0, 0.05) is 5.69 Å². The number of benzene rings is 1. The van der Waals surface area contributed by atoms with Crippen LogP contribution in [-0.4, -0.2) is 21.4 Å². The summed E-state index contributed by atoms with van der Waals surface area (Å²) in [6, 6.07) is 7.99. The fourth-order valence-corrected chi connectivity index (χ4v) is 3.54. The quantitative estimate of drug-likeness (QED) is 0.811. The molecule has 21 heavy (non-hydrogen) atoms.